The molecule has 6 nitrogen and oxygen atoms in total. The van der Waals surface area contributed by atoms with E-state index < -0.39 is 10.0 Å². The Balaban J connectivity index is 1.46. The summed E-state index contributed by atoms with van der Waals surface area (Å²) in [7, 11) is -2.11. The van der Waals surface area contributed by atoms with Gasteiger partial charge < -0.3 is 9.47 Å². The molecule has 0 amide bonds. The number of nitrogens with zero attached hydrogens (tertiary/aromatic N) is 1. The third-order valence-electron chi connectivity index (χ3n) is 5.58. The average molecular weight is 433 g/mol. The SMILES string of the molecule is COc1cc(C)c(C)cc1S(=O)(=O)NCCCCN1CCO[C@@H](c2ccccc2)C1. The molecule has 2 aromatic rings. The topological polar surface area (TPSA) is 67.9 Å². The number of sulfonamides is 1. The second kappa shape index (κ2) is 10.4. The molecule has 0 aliphatic carbocycles. The Labute approximate surface area is 180 Å². The van der Waals surface area contributed by atoms with Gasteiger partial charge in [0.1, 0.15) is 10.6 Å². The van der Waals surface area contributed by atoms with Crippen LogP contribution in [0.2, 0.25) is 0 Å². The summed E-state index contributed by atoms with van der Waals surface area (Å²) in [6.07, 6.45) is 1.81. The molecule has 1 fully saturated rings. The smallest absolute Gasteiger partial charge is 0.244 e. The first-order chi connectivity index (χ1) is 14.4. The Morgan fingerprint density at radius 3 is 2.60 bits per heavy atom. The molecule has 0 saturated carbocycles. The number of methoxy groups -OCH3 is 1. The Hall–Kier alpha value is -1.93. The van der Waals surface area contributed by atoms with E-state index in [4.69, 9.17) is 9.47 Å². The van der Waals surface area contributed by atoms with Crippen molar-refractivity contribution in [2.45, 2.75) is 37.7 Å². The summed E-state index contributed by atoms with van der Waals surface area (Å²) in [6, 6.07) is 13.7. The number of ether oxygens (including phenoxy) is 2. The van der Waals surface area contributed by atoms with Crippen LogP contribution in [0.1, 0.15) is 35.6 Å². The predicted octanol–water partition coefficient (Wildman–Crippen LogP) is 3.44. The number of rotatable bonds is 9. The van der Waals surface area contributed by atoms with Crippen molar-refractivity contribution in [3.8, 4) is 5.75 Å². The van der Waals surface area contributed by atoms with Gasteiger partial charge in [0, 0.05) is 19.6 Å². The zero-order valence-corrected chi connectivity index (χ0v) is 18.9. The van der Waals surface area contributed by atoms with Gasteiger partial charge >= 0.3 is 0 Å². The monoisotopic (exact) mass is 432 g/mol. The molecule has 164 valence electrons. The Morgan fingerprint density at radius 2 is 1.87 bits per heavy atom. The molecule has 0 aromatic heterocycles. The largest absolute Gasteiger partial charge is 0.495 e. The van der Waals surface area contributed by atoms with Crippen molar-refractivity contribution < 1.29 is 17.9 Å². The number of aryl methyl sites for hydroxylation is 2. The fourth-order valence-corrected chi connectivity index (χ4v) is 4.96. The minimum Gasteiger partial charge on any atom is -0.495 e. The zero-order chi connectivity index (χ0) is 21.6. The number of nitrogens with one attached hydrogen (secondary N) is 1. The van der Waals surface area contributed by atoms with Crippen LogP contribution in [0, 0.1) is 13.8 Å². The van der Waals surface area contributed by atoms with Gasteiger partial charge in [0.15, 0.2) is 0 Å². The van der Waals surface area contributed by atoms with Gasteiger partial charge in [-0.25, -0.2) is 13.1 Å². The maximum absolute atomic E-state index is 12.7. The van der Waals surface area contributed by atoms with Crippen LogP contribution in [0.15, 0.2) is 47.4 Å². The summed E-state index contributed by atoms with van der Waals surface area (Å²) in [5, 5.41) is 0. The first-order valence-corrected chi connectivity index (χ1v) is 11.9. The van der Waals surface area contributed by atoms with Crippen LogP contribution < -0.4 is 9.46 Å². The van der Waals surface area contributed by atoms with Gasteiger partial charge in [0.05, 0.1) is 19.8 Å². The minimum atomic E-state index is -3.60. The maximum atomic E-state index is 12.7. The lowest BCUT2D eigenvalue weighted by molar-refractivity contribution is -0.0303. The summed E-state index contributed by atoms with van der Waals surface area (Å²) in [4.78, 5) is 2.59. The van der Waals surface area contributed by atoms with Gasteiger partial charge in [-0.3, -0.25) is 4.90 Å². The highest BCUT2D eigenvalue weighted by Gasteiger charge is 2.22. The van der Waals surface area contributed by atoms with Gasteiger partial charge in [-0.15, -0.1) is 0 Å². The molecular formula is C23H32N2O4S. The number of unbranched alkanes of at least 4 members (excludes halogenated alkanes) is 1. The Bertz CT molecular complexity index is 932. The summed E-state index contributed by atoms with van der Waals surface area (Å²) < 4.78 is 39.4. The first kappa shape index (κ1) is 22.7. The van der Waals surface area contributed by atoms with Crippen LogP contribution in [0.4, 0.5) is 0 Å². The maximum Gasteiger partial charge on any atom is 0.244 e. The van der Waals surface area contributed by atoms with Gasteiger partial charge in [-0.05, 0) is 62.1 Å². The molecular weight excluding hydrogens is 400 g/mol. The fourth-order valence-electron chi connectivity index (χ4n) is 3.65. The molecule has 1 aliphatic rings. The number of hydrogen-bond donors (Lipinski definition) is 1. The van der Waals surface area contributed by atoms with Crippen LogP contribution in [-0.4, -0.2) is 53.2 Å². The van der Waals surface area contributed by atoms with Gasteiger partial charge in [0.25, 0.3) is 0 Å². The van der Waals surface area contributed by atoms with E-state index >= 15 is 0 Å². The van der Waals surface area contributed by atoms with Crippen LogP contribution in [0.25, 0.3) is 0 Å². The summed E-state index contributed by atoms with van der Waals surface area (Å²) in [6.45, 7) is 7.68. The highest BCUT2D eigenvalue weighted by Crippen LogP contribution is 2.27. The highest BCUT2D eigenvalue weighted by molar-refractivity contribution is 7.89. The number of hydrogen-bond acceptors (Lipinski definition) is 5. The van der Waals surface area contributed by atoms with E-state index in [0.717, 1.165) is 50.2 Å². The average Bonchev–Trinajstić information content (AvgIpc) is 2.75. The van der Waals surface area contributed by atoms with E-state index in [1.807, 2.05) is 32.0 Å². The second-order valence-electron chi connectivity index (χ2n) is 7.76. The Morgan fingerprint density at radius 1 is 1.13 bits per heavy atom. The van der Waals surface area contributed by atoms with E-state index in [0.29, 0.717) is 12.3 Å². The van der Waals surface area contributed by atoms with Crippen molar-refractivity contribution in [1.29, 1.82) is 0 Å². The molecule has 2 aromatic carbocycles. The molecule has 7 heteroatoms. The molecule has 1 saturated heterocycles. The first-order valence-electron chi connectivity index (χ1n) is 10.4. The lowest BCUT2D eigenvalue weighted by Gasteiger charge is -2.33. The fraction of sp³-hybridized carbons (Fsp3) is 0.478. The third kappa shape index (κ3) is 5.82. The van der Waals surface area contributed by atoms with Crippen LogP contribution in [0.3, 0.4) is 0 Å². The molecule has 0 radical (unpaired) electrons. The lowest BCUT2D eigenvalue weighted by atomic mass is 10.1. The van der Waals surface area contributed by atoms with Crippen molar-refractivity contribution in [2.75, 3.05) is 39.9 Å². The second-order valence-corrected chi connectivity index (χ2v) is 9.50. The standard InChI is InChI=1S/C23H32N2O4S/c1-18-15-21(28-3)23(16-19(18)2)30(26,27)24-11-7-8-12-25-13-14-29-22(17-25)20-9-5-4-6-10-20/h4-6,9-10,15-16,22,24H,7-8,11-14,17H2,1-3H3/t22-/m1/s1. The summed E-state index contributed by atoms with van der Waals surface area (Å²) in [5.41, 5.74) is 3.14. The van der Waals surface area contributed by atoms with Crippen molar-refractivity contribution in [1.82, 2.24) is 9.62 Å². The minimum absolute atomic E-state index is 0.107. The van der Waals surface area contributed by atoms with Gasteiger partial charge in [-0.1, -0.05) is 30.3 Å². The summed E-state index contributed by atoms with van der Waals surface area (Å²) >= 11 is 0. The molecule has 3 rings (SSSR count). The molecule has 0 unspecified atom stereocenters. The van der Waals surface area contributed by atoms with E-state index in [1.165, 1.54) is 12.7 Å². The normalized spacial score (nSPS) is 17.8. The van der Waals surface area contributed by atoms with Crippen molar-refractivity contribution >= 4 is 10.0 Å². The number of benzene rings is 2. The van der Waals surface area contributed by atoms with Crippen molar-refractivity contribution in [2.24, 2.45) is 0 Å². The molecule has 1 heterocycles. The molecule has 30 heavy (non-hydrogen) atoms. The third-order valence-corrected chi connectivity index (χ3v) is 7.07. The quantitative estimate of drug-likeness (QED) is 0.615. The molecule has 0 spiro atoms. The predicted molar refractivity (Wildman–Crippen MR) is 118 cm³/mol. The van der Waals surface area contributed by atoms with Crippen LogP contribution in [0.5, 0.6) is 5.75 Å². The van der Waals surface area contributed by atoms with Crippen molar-refractivity contribution in [3.63, 3.8) is 0 Å². The molecule has 0 bridgehead atoms. The summed E-state index contributed by atoms with van der Waals surface area (Å²) in [5.74, 6) is 0.380. The van der Waals surface area contributed by atoms with Crippen LogP contribution in [-0.2, 0) is 14.8 Å². The number of morpholine rings is 1. The Kier molecular flexibility index (Phi) is 7.88. The highest BCUT2D eigenvalue weighted by atomic mass is 32.2. The zero-order valence-electron chi connectivity index (χ0n) is 18.1. The van der Waals surface area contributed by atoms with Crippen LogP contribution >= 0.6 is 0 Å². The van der Waals surface area contributed by atoms with E-state index in [1.54, 1.807) is 12.1 Å². The molecule has 1 aliphatic heterocycles. The van der Waals surface area contributed by atoms with E-state index in [2.05, 4.69) is 21.8 Å². The van der Waals surface area contributed by atoms with Crippen molar-refractivity contribution in [3.05, 3.63) is 59.2 Å². The van der Waals surface area contributed by atoms with E-state index in [9.17, 15) is 8.42 Å². The van der Waals surface area contributed by atoms with E-state index in [-0.39, 0.29) is 11.0 Å². The van der Waals surface area contributed by atoms with Gasteiger partial charge in [-0.2, -0.15) is 0 Å². The lowest BCUT2D eigenvalue weighted by Crippen LogP contribution is -2.39. The molecule has 1 atom stereocenters. The molecule has 1 N–H and O–H groups in total. The van der Waals surface area contributed by atoms with Gasteiger partial charge in [0.2, 0.25) is 10.0 Å².